The molecule has 0 fully saturated rings. The van der Waals surface area contributed by atoms with Gasteiger partial charge in [0.1, 0.15) is 0 Å². The van der Waals surface area contributed by atoms with Crippen molar-refractivity contribution < 1.29 is 0 Å². The molecule has 0 heterocycles. The second-order valence-electron chi connectivity index (χ2n) is 3.78. The van der Waals surface area contributed by atoms with Crippen LogP contribution in [-0.4, -0.2) is 0 Å². The van der Waals surface area contributed by atoms with Crippen molar-refractivity contribution in [2.24, 2.45) is 0 Å². The van der Waals surface area contributed by atoms with Gasteiger partial charge < -0.3 is 0 Å². The Morgan fingerprint density at radius 1 is 1.13 bits per heavy atom. The summed E-state index contributed by atoms with van der Waals surface area (Å²) >= 11 is 0. The van der Waals surface area contributed by atoms with Crippen LogP contribution in [0, 0.1) is 6.58 Å². The monoisotopic (exact) mass is 195 g/mol. The summed E-state index contributed by atoms with van der Waals surface area (Å²) in [6.45, 7) is 7.84. The smallest absolute Gasteiger partial charge is 0.00246 e. The maximum absolute atomic E-state index is 5.68. The number of hydrogen-bond acceptors (Lipinski definition) is 0. The SMILES string of the molecule is [CH]=CC(CC)c1cccc2ccccc12. The largest absolute Gasteiger partial charge is 0.0770 e. The third-order valence-corrected chi connectivity index (χ3v) is 2.89. The molecule has 0 saturated carbocycles. The molecule has 1 unspecified atom stereocenters. The fraction of sp³-hybridized carbons (Fsp3) is 0.200. The lowest BCUT2D eigenvalue weighted by molar-refractivity contribution is 0.813. The minimum absolute atomic E-state index is 0.357. The van der Waals surface area contributed by atoms with Gasteiger partial charge >= 0.3 is 0 Å². The standard InChI is InChI=1S/C15H15/c1-3-12(4-2)14-11-7-9-13-8-5-6-10-15(13)14/h1,3,5-12H,4H2,2H3. The number of allylic oxidation sites excluding steroid dienone is 1. The van der Waals surface area contributed by atoms with E-state index in [0.29, 0.717) is 5.92 Å². The van der Waals surface area contributed by atoms with Crippen molar-refractivity contribution in [3.05, 3.63) is 60.7 Å². The molecule has 0 aromatic heterocycles. The lowest BCUT2D eigenvalue weighted by Gasteiger charge is -2.13. The van der Waals surface area contributed by atoms with Crippen LogP contribution in [0.3, 0.4) is 0 Å². The number of hydrogen-bond donors (Lipinski definition) is 0. The average molecular weight is 195 g/mol. The van der Waals surface area contributed by atoms with Gasteiger partial charge in [-0.1, -0.05) is 62.0 Å². The minimum Gasteiger partial charge on any atom is -0.0770 e. The molecular weight excluding hydrogens is 180 g/mol. The van der Waals surface area contributed by atoms with E-state index in [4.69, 9.17) is 6.58 Å². The van der Waals surface area contributed by atoms with Crippen LogP contribution in [0.4, 0.5) is 0 Å². The highest BCUT2D eigenvalue weighted by molar-refractivity contribution is 5.86. The molecule has 0 heteroatoms. The minimum atomic E-state index is 0.357. The number of benzene rings is 2. The van der Waals surface area contributed by atoms with Crippen LogP contribution in [0.1, 0.15) is 24.8 Å². The Hall–Kier alpha value is -1.56. The first-order valence-corrected chi connectivity index (χ1v) is 5.39. The van der Waals surface area contributed by atoms with Crippen molar-refractivity contribution in [1.82, 2.24) is 0 Å². The highest BCUT2D eigenvalue weighted by Crippen LogP contribution is 2.28. The molecule has 1 atom stereocenters. The van der Waals surface area contributed by atoms with E-state index in [1.165, 1.54) is 16.3 Å². The third kappa shape index (κ3) is 1.80. The highest BCUT2D eigenvalue weighted by Gasteiger charge is 2.07. The zero-order valence-corrected chi connectivity index (χ0v) is 8.98. The number of fused-ring (bicyclic) bond motifs is 1. The molecule has 0 amide bonds. The molecule has 0 spiro atoms. The van der Waals surface area contributed by atoms with Gasteiger partial charge in [-0.2, -0.15) is 0 Å². The summed E-state index contributed by atoms with van der Waals surface area (Å²) in [6, 6.07) is 14.9. The topological polar surface area (TPSA) is 0 Å². The maximum Gasteiger partial charge on any atom is 0.00246 e. The fourth-order valence-corrected chi connectivity index (χ4v) is 2.03. The third-order valence-electron chi connectivity index (χ3n) is 2.89. The molecule has 0 nitrogen and oxygen atoms in total. The number of rotatable bonds is 3. The van der Waals surface area contributed by atoms with Crippen LogP contribution in [0.5, 0.6) is 0 Å². The summed E-state index contributed by atoms with van der Waals surface area (Å²) in [6.07, 6.45) is 2.84. The van der Waals surface area contributed by atoms with Gasteiger partial charge in [0.15, 0.2) is 0 Å². The Morgan fingerprint density at radius 3 is 2.60 bits per heavy atom. The Balaban J connectivity index is 2.64. The molecule has 0 N–H and O–H groups in total. The molecular formula is C15H15. The van der Waals surface area contributed by atoms with Gasteiger partial charge in [0.05, 0.1) is 0 Å². The van der Waals surface area contributed by atoms with Crippen molar-refractivity contribution >= 4 is 10.8 Å². The first-order chi connectivity index (χ1) is 7.36. The summed E-state index contributed by atoms with van der Waals surface area (Å²) in [4.78, 5) is 0. The van der Waals surface area contributed by atoms with E-state index in [9.17, 15) is 0 Å². The lowest BCUT2D eigenvalue weighted by atomic mass is 9.92. The lowest BCUT2D eigenvalue weighted by Crippen LogP contribution is -1.93. The molecule has 0 aliphatic heterocycles. The van der Waals surface area contributed by atoms with Crippen molar-refractivity contribution in [3.63, 3.8) is 0 Å². The van der Waals surface area contributed by atoms with Crippen molar-refractivity contribution in [3.8, 4) is 0 Å². The molecule has 2 rings (SSSR count). The predicted molar refractivity (Wildman–Crippen MR) is 65.9 cm³/mol. The predicted octanol–water partition coefficient (Wildman–Crippen LogP) is 4.32. The van der Waals surface area contributed by atoms with Gasteiger partial charge in [0.25, 0.3) is 0 Å². The Kier molecular flexibility index (Phi) is 2.86. The molecule has 2 aromatic carbocycles. The summed E-state index contributed by atoms with van der Waals surface area (Å²) in [5, 5.41) is 2.60. The van der Waals surface area contributed by atoms with Crippen LogP contribution in [-0.2, 0) is 0 Å². The molecule has 0 aliphatic carbocycles. The second-order valence-corrected chi connectivity index (χ2v) is 3.78. The normalized spacial score (nSPS) is 12.6. The van der Waals surface area contributed by atoms with Gasteiger partial charge in [-0.15, -0.1) is 0 Å². The summed E-state index contributed by atoms with van der Waals surface area (Å²) in [5.74, 6) is 0.357. The van der Waals surface area contributed by atoms with Gasteiger partial charge in [-0.25, -0.2) is 0 Å². The van der Waals surface area contributed by atoms with Gasteiger partial charge in [0.2, 0.25) is 0 Å². The molecule has 2 aromatic rings. The van der Waals surface area contributed by atoms with Gasteiger partial charge in [0, 0.05) is 5.92 Å². The van der Waals surface area contributed by atoms with E-state index in [-0.39, 0.29) is 0 Å². The first kappa shape index (κ1) is 9.97. The molecule has 1 radical (unpaired) electrons. The maximum atomic E-state index is 5.68. The molecule has 0 aliphatic rings. The average Bonchev–Trinajstić information content (AvgIpc) is 2.31. The Bertz CT molecular complexity index is 463. The van der Waals surface area contributed by atoms with E-state index >= 15 is 0 Å². The van der Waals surface area contributed by atoms with E-state index in [2.05, 4.69) is 49.4 Å². The van der Waals surface area contributed by atoms with Gasteiger partial charge in [-0.3, -0.25) is 0 Å². The zero-order chi connectivity index (χ0) is 10.7. The molecule has 0 bridgehead atoms. The molecule has 75 valence electrons. The van der Waals surface area contributed by atoms with E-state index in [0.717, 1.165) is 6.42 Å². The second kappa shape index (κ2) is 4.31. The van der Waals surface area contributed by atoms with Crippen molar-refractivity contribution in [2.45, 2.75) is 19.3 Å². The van der Waals surface area contributed by atoms with E-state index in [1.807, 2.05) is 0 Å². The fourth-order valence-electron chi connectivity index (χ4n) is 2.03. The Morgan fingerprint density at radius 2 is 1.87 bits per heavy atom. The van der Waals surface area contributed by atoms with Crippen molar-refractivity contribution in [1.29, 1.82) is 0 Å². The Labute approximate surface area is 91.2 Å². The summed E-state index contributed by atoms with van der Waals surface area (Å²) in [7, 11) is 0. The van der Waals surface area contributed by atoms with Crippen LogP contribution in [0.15, 0.2) is 48.5 Å². The van der Waals surface area contributed by atoms with E-state index in [1.54, 1.807) is 6.08 Å². The molecule has 0 saturated heterocycles. The van der Waals surface area contributed by atoms with Gasteiger partial charge in [-0.05, 0) is 22.8 Å². The van der Waals surface area contributed by atoms with Crippen LogP contribution in [0.2, 0.25) is 0 Å². The van der Waals surface area contributed by atoms with E-state index < -0.39 is 0 Å². The molecule has 15 heavy (non-hydrogen) atoms. The first-order valence-electron chi connectivity index (χ1n) is 5.39. The quantitative estimate of drug-likeness (QED) is 0.684. The summed E-state index contributed by atoms with van der Waals surface area (Å²) in [5.41, 5.74) is 1.33. The van der Waals surface area contributed by atoms with Crippen LogP contribution < -0.4 is 0 Å². The van der Waals surface area contributed by atoms with Crippen LogP contribution >= 0.6 is 0 Å². The summed E-state index contributed by atoms with van der Waals surface area (Å²) < 4.78 is 0. The van der Waals surface area contributed by atoms with Crippen LogP contribution in [0.25, 0.3) is 10.8 Å². The highest BCUT2D eigenvalue weighted by atomic mass is 14.1. The zero-order valence-electron chi connectivity index (χ0n) is 8.98. The van der Waals surface area contributed by atoms with Crippen molar-refractivity contribution in [2.75, 3.05) is 0 Å².